The second kappa shape index (κ2) is 6.75. The van der Waals surface area contributed by atoms with E-state index in [1.165, 1.54) is 22.2 Å². The van der Waals surface area contributed by atoms with Crippen LogP contribution >= 0.6 is 0 Å². The smallest absolute Gasteiger partial charge is 0.107 e. The molecule has 0 saturated carbocycles. The fraction of sp³-hybridized carbons (Fsp3) is 0.421. The lowest BCUT2D eigenvalue weighted by molar-refractivity contribution is 0.794. The maximum atomic E-state index is 4.70. The Hall–Kier alpha value is -1.83. The van der Waals surface area contributed by atoms with Gasteiger partial charge in [0.1, 0.15) is 5.82 Å². The highest BCUT2D eigenvalue weighted by atomic mass is 15.1. The maximum absolute atomic E-state index is 4.70. The van der Waals surface area contributed by atoms with Crippen LogP contribution in [0.4, 0.5) is 0 Å². The second-order valence-corrected chi connectivity index (χ2v) is 6.08. The molecule has 0 N–H and O–H groups in total. The molecule has 0 saturated heterocycles. The summed E-state index contributed by atoms with van der Waals surface area (Å²) in [7, 11) is 0. The van der Waals surface area contributed by atoms with Crippen LogP contribution in [-0.2, 0) is 6.54 Å². The monoisotopic (exact) mass is 282 g/mol. The van der Waals surface area contributed by atoms with Gasteiger partial charge in [0.25, 0.3) is 0 Å². The molecular formula is C19H26N2. The summed E-state index contributed by atoms with van der Waals surface area (Å²) >= 11 is 0. The van der Waals surface area contributed by atoms with Gasteiger partial charge >= 0.3 is 0 Å². The number of para-hydroxylation sites is 1. The minimum Gasteiger partial charge on any atom is -0.324 e. The first-order valence-corrected chi connectivity index (χ1v) is 7.70. The van der Waals surface area contributed by atoms with Crippen molar-refractivity contribution in [3.05, 3.63) is 52.9 Å². The zero-order valence-corrected chi connectivity index (χ0v) is 13.9. The lowest BCUT2D eigenvalue weighted by Crippen LogP contribution is -1.98. The quantitative estimate of drug-likeness (QED) is 0.676. The number of allylic oxidation sites excluding steroid dienone is 4. The van der Waals surface area contributed by atoms with Crippen molar-refractivity contribution in [2.24, 2.45) is 0 Å². The van der Waals surface area contributed by atoms with Gasteiger partial charge in [0.2, 0.25) is 0 Å². The summed E-state index contributed by atoms with van der Waals surface area (Å²) in [6.45, 7) is 11.7. The Morgan fingerprint density at radius 2 is 1.90 bits per heavy atom. The highest BCUT2D eigenvalue weighted by molar-refractivity contribution is 5.79. The summed E-state index contributed by atoms with van der Waals surface area (Å²) in [6, 6.07) is 6.40. The first-order valence-electron chi connectivity index (χ1n) is 7.70. The van der Waals surface area contributed by atoms with E-state index in [1.807, 2.05) is 0 Å². The van der Waals surface area contributed by atoms with Crippen molar-refractivity contribution in [1.29, 1.82) is 0 Å². The summed E-state index contributed by atoms with van der Waals surface area (Å²) in [6.07, 6.45) is 6.90. The Labute approximate surface area is 128 Å². The van der Waals surface area contributed by atoms with Gasteiger partial charge in [0, 0.05) is 6.54 Å². The average Bonchev–Trinajstić information content (AvgIpc) is 2.73. The Morgan fingerprint density at radius 3 is 2.62 bits per heavy atom. The minimum absolute atomic E-state index is 0.909. The molecule has 0 aliphatic carbocycles. The van der Waals surface area contributed by atoms with Crippen molar-refractivity contribution in [1.82, 2.24) is 9.55 Å². The third-order valence-corrected chi connectivity index (χ3v) is 3.89. The topological polar surface area (TPSA) is 17.8 Å². The van der Waals surface area contributed by atoms with Gasteiger partial charge in [-0.05, 0) is 59.1 Å². The number of imidazole rings is 1. The first-order chi connectivity index (χ1) is 9.99. The summed E-state index contributed by atoms with van der Waals surface area (Å²) in [5, 5.41) is 0. The molecule has 2 nitrogen and oxygen atoms in total. The minimum atomic E-state index is 0.909. The molecule has 2 aromatic rings. The Morgan fingerprint density at radius 1 is 1.14 bits per heavy atom. The highest BCUT2D eigenvalue weighted by Gasteiger charge is 2.07. The van der Waals surface area contributed by atoms with E-state index >= 15 is 0 Å². The number of rotatable bonds is 5. The summed E-state index contributed by atoms with van der Waals surface area (Å²) < 4.78 is 2.30. The normalized spacial score (nSPS) is 12.0. The number of nitrogens with zero attached hydrogens (tertiary/aromatic N) is 2. The van der Waals surface area contributed by atoms with Crippen LogP contribution < -0.4 is 0 Å². The van der Waals surface area contributed by atoms with E-state index in [4.69, 9.17) is 4.98 Å². The van der Waals surface area contributed by atoms with Gasteiger partial charge in [-0.1, -0.05) is 35.4 Å². The van der Waals surface area contributed by atoms with E-state index in [2.05, 4.69) is 69.5 Å². The molecule has 1 heterocycles. The van der Waals surface area contributed by atoms with Crippen LogP contribution in [0.2, 0.25) is 0 Å². The zero-order chi connectivity index (χ0) is 15.4. The number of aryl methyl sites for hydroxylation is 2. The molecule has 0 aliphatic rings. The third kappa shape index (κ3) is 3.84. The molecule has 112 valence electrons. The van der Waals surface area contributed by atoms with Crippen LogP contribution in [0.3, 0.4) is 0 Å². The summed E-state index contributed by atoms with van der Waals surface area (Å²) in [5.74, 6) is 1.09. The van der Waals surface area contributed by atoms with Gasteiger partial charge in [0.15, 0.2) is 0 Å². The number of fused-ring (bicyclic) bond motifs is 1. The van der Waals surface area contributed by atoms with Crippen LogP contribution in [0, 0.1) is 13.8 Å². The van der Waals surface area contributed by atoms with Crippen molar-refractivity contribution in [2.45, 2.75) is 54.0 Å². The van der Waals surface area contributed by atoms with Gasteiger partial charge in [-0.2, -0.15) is 0 Å². The molecule has 0 bridgehead atoms. The molecule has 21 heavy (non-hydrogen) atoms. The summed E-state index contributed by atoms with van der Waals surface area (Å²) in [4.78, 5) is 4.70. The Balaban J connectivity index is 2.15. The predicted octanol–water partition coefficient (Wildman–Crippen LogP) is 5.35. The highest BCUT2D eigenvalue weighted by Crippen LogP contribution is 2.19. The lowest BCUT2D eigenvalue weighted by Gasteiger charge is -2.05. The fourth-order valence-electron chi connectivity index (χ4n) is 2.57. The third-order valence-electron chi connectivity index (χ3n) is 3.89. The number of aromatic nitrogens is 2. The largest absolute Gasteiger partial charge is 0.324 e. The molecule has 0 radical (unpaired) electrons. The Bertz CT molecular complexity index is 683. The van der Waals surface area contributed by atoms with Crippen molar-refractivity contribution in [3.8, 4) is 0 Å². The van der Waals surface area contributed by atoms with Gasteiger partial charge in [-0.25, -0.2) is 4.98 Å². The zero-order valence-electron chi connectivity index (χ0n) is 13.9. The van der Waals surface area contributed by atoms with Gasteiger partial charge in [-0.15, -0.1) is 0 Å². The van der Waals surface area contributed by atoms with Gasteiger partial charge < -0.3 is 4.57 Å². The molecule has 2 heteroatoms. The molecule has 1 aromatic carbocycles. The molecule has 0 unspecified atom stereocenters. The van der Waals surface area contributed by atoms with E-state index < -0.39 is 0 Å². The molecule has 1 aromatic heterocycles. The number of hydrogen-bond acceptors (Lipinski definition) is 1. The van der Waals surface area contributed by atoms with Gasteiger partial charge in [-0.3, -0.25) is 0 Å². The standard InChI is InChI=1S/C19H26N2/c1-14(2)8-6-9-15(3)12-13-21-17(5)20-19-16(4)10-7-11-18(19)21/h7-8,10-12H,6,9,13H2,1-5H3/b15-12+. The van der Waals surface area contributed by atoms with Crippen LogP contribution in [0.5, 0.6) is 0 Å². The molecule has 0 spiro atoms. The Kier molecular flexibility index (Phi) is 5.00. The van der Waals surface area contributed by atoms with E-state index in [0.717, 1.165) is 30.7 Å². The first kappa shape index (κ1) is 15.6. The molecule has 0 amide bonds. The molecular weight excluding hydrogens is 256 g/mol. The van der Waals surface area contributed by atoms with E-state index in [9.17, 15) is 0 Å². The average molecular weight is 282 g/mol. The van der Waals surface area contributed by atoms with E-state index in [0.29, 0.717) is 0 Å². The van der Waals surface area contributed by atoms with Crippen molar-refractivity contribution in [2.75, 3.05) is 0 Å². The summed E-state index contributed by atoms with van der Waals surface area (Å²) in [5.41, 5.74) is 6.46. The number of benzene rings is 1. The van der Waals surface area contributed by atoms with Crippen LogP contribution in [0.25, 0.3) is 11.0 Å². The van der Waals surface area contributed by atoms with Crippen molar-refractivity contribution < 1.29 is 0 Å². The molecule has 0 fully saturated rings. The predicted molar refractivity (Wildman–Crippen MR) is 91.6 cm³/mol. The number of hydrogen-bond donors (Lipinski definition) is 0. The second-order valence-electron chi connectivity index (χ2n) is 6.08. The molecule has 0 atom stereocenters. The van der Waals surface area contributed by atoms with E-state index in [-0.39, 0.29) is 0 Å². The van der Waals surface area contributed by atoms with Crippen molar-refractivity contribution in [3.63, 3.8) is 0 Å². The van der Waals surface area contributed by atoms with Crippen LogP contribution in [0.15, 0.2) is 41.5 Å². The lowest BCUT2D eigenvalue weighted by atomic mass is 10.1. The maximum Gasteiger partial charge on any atom is 0.107 e. The molecule has 0 aliphatic heterocycles. The van der Waals surface area contributed by atoms with Crippen LogP contribution in [0.1, 0.15) is 45.0 Å². The van der Waals surface area contributed by atoms with Gasteiger partial charge in [0.05, 0.1) is 11.0 Å². The SMILES string of the molecule is CC(C)=CCC/C(C)=C/Cn1c(C)nc2c(C)cccc21. The van der Waals surface area contributed by atoms with Crippen LogP contribution in [-0.4, -0.2) is 9.55 Å². The molecule has 2 rings (SSSR count). The van der Waals surface area contributed by atoms with Crippen molar-refractivity contribution >= 4 is 11.0 Å². The van der Waals surface area contributed by atoms with E-state index in [1.54, 1.807) is 0 Å². The fourth-order valence-corrected chi connectivity index (χ4v) is 2.57.